The van der Waals surface area contributed by atoms with Crippen LogP contribution in [0.2, 0.25) is 0 Å². The minimum atomic E-state index is -0.235. The Labute approximate surface area is 123 Å². The van der Waals surface area contributed by atoms with E-state index in [-0.39, 0.29) is 17.2 Å². The van der Waals surface area contributed by atoms with E-state index in [1.807, 2.05) is 24.3 Å². The Kier molecular flexibility index (Phi) is 3.40. The van der Waals surface area contributed by atoms with Crippen molar-refractivity contribution in [3.63, 3.8) is 0 Å². The zero-order chi connectivity index (χ0) is 15.0. The van der Waals surface area contributed by atoms with E-state index in [1.54, 1.807) is 11.6 Å². The van der Waals surface area contributed by atoms with Crippen LogP contribution in [0.5, 0.6) is 0 Å². The number of nitriles is 1. The van der Waals surface area contributed by atoms with Crippen molar-refractivity contribution in [3.8, 4) is 6.07 Å². The van der Waals surface area contributed by atoms with Crippen LogP contribution in [-0.4, -0.2) is 23.7 Å². The number of hydrogen-bond donors (Lipinski definition) is 1. The summed E-state index contributed by atoms with van der Waals surface area (Å²) in [4.78, 5) is 14.6. The smallest absolute Gasteiger partial charge is 0.270 e. The second-order valence-corrected chi connectivity index (χ2v) is 5.54. The summed E-state index contributed by atoms with van der Waals surface area (Å²) >= 11 is 0. The topological polar surface area (TPSA) is 75.0 Å². The molecule has 1 aromatic carbocycles. The lowest BCUT2D eigenvalue weighted by atomic mass is 10.0. The quantitative estimate of drug-likeness (QED) is 0.856. The molecule has 1 aliphatic rings. The first-order valence-corrected chi connectivity index (χ1v) is 7.16. The van der Waals surface area contributed by atoms with E-state index >= 15 is 0 Å². The molecule has 1 saturated heterocycles. The standard InChI is InChI=1S/C16H18N4O/c1-19-14-5-3-2-4-12(14)15(13(10-17)16(19)21)20-8-6-11(18)7-9-20/h2-5,11H,6-9,18H2,1H3. The average Bonchev–Trinajstić information content (AvgIpc) is 2.52. The first kappa shape index (κ1) is 13.7. The summed E-state index contributed by atoms with van der Waals surface area (Å²) in [6.45, 7) is 1.57. The molecule has 1 aromatic heterocycles. The Hall–Kier alpha value is -2.32. The van der Waals surface area contributed by atoms with E-state index < -0.39 is 0 Å². The molecule has 0 radical (unpaired) electrons. The molecule has 0 bridgehead atoms. The van der Waals surface area contributed by atoms with Gasteiger partial charge in [0.1, 0.15) is 11.6 Å². The number of rotatable bonds is 1. The predicted molar refractivity (Wildman–Crippen MR) is 83.3 cm³/mol. The monoisotopic (exact) mass is 282 g/mol. The Bertz CT molecular complexity index is 779. The first-order chi connectivity index (χ1) is 10.1. The maximum absolute atomic E-state index is 12.4. The highest BCUT2D eigenvalue weighted by Gasteiger charge is 2.23. The summed E-state index contributed by atoms with van der Waals surface area (Å²) < 4.78 is 1.55. The number of aromatic nitrogens is 1. The number of para-hydroxylation sites is 1. The van der Waals surface area contributed by atoms with Crippen LogP contribution in [0.1, 0.15) is 18.4 Å². The van der Waals surface area contributed by atoms with Gasteiger partial charge in [-0.3, -0.25) is 4.79 Å². The van der Waals surface area contributed by atoms with E-state index in [9.17, 15) is 10.1 Å². The van der Waals surface area contributed by atoms with Crippen LogP contribution < -0.4 is 16.2 Å². The van der Waals surface area contributed by atoms with Gasteiger partial charge in [0.2, 0.25) is 0 Å². The number of anilines is 1. The van der Waals surface area contributed by atoms with E-state index in [1.165, 1.54) is 0 Å². The number of hydrogen-bond acceptors (Lipinski definition) is 4. The molecular weight excluding hydrogens is 264 g/mol. The average molecular weight is 282 g/mol. The van der Waals surface area contributed by atoms with Gasteiger partial charge in [-0.25, -0.2) is 0 Å². The molecule has 0 amide bonds. The molecule has 5 nitrogen and oxygen atoms in total. The summed E-state index contributed by atoms with van der Waals surface area (Å²) in [5.41, 5.74) is 7.57. The Morgan fingerprint density at radius 1 is 1.29 bits per heavy atom. The Morgan fingerprint density at radius 2 is 1.95 bits per heavy atom. The molecular formula is C16H18N4O. The van der Waals surface area contributed by atoms with Crippen molar-refractivity contribution >= 4 is 16.6 Å². The number of pyridine rings is 1. The zero-order valence-electron chi connectivity index (χ0n) is 12.0. The highest BCUT2D eigenvalue weighted by Crippen LogP contribution is 2.30. The van der Waals surface area contributed by atoms with Gasteiger partial charge in [-0.05, 0) is 18.9 Å². The van der Waals surface area contributed by atoms with E-state index in [0.717, 1.165) is 42.5 Å². The normalized spacial score (nSPS) is 16.1. The summed E-state index contributed by atoms with van der Waals surface area (Å²) in [6.07, 6.45) is 1.77. The maximum Gasteiger partial charge on any atom is 0.270 e. The fourth-order valence-electron chi connectivity index (χ4n) is 3.03. The summed E-state index contributed by atoms with van der Waals surface area (Å²) in [5.74, 6) is 0. The highest BCUT2D eigenvalue weighted by atomic mass is 16.1. The molecule has 3 rings (SSSR count). The second kappa shape index (κ2) is 5.23. The van der Waals surface area contributed by atoms with Gasteiger partial charge in [0, 0.05) is 31.6 Å². The van der Waals surface area contributed by atoms with Crippen LogP contribution in [0, 0.1) is 11.3 Å². The van der Waals surface area contributed by atoms with Crippen molar-refractivity contribution in [3.05, 3.63) is 40.2 Å². The van der Waals surface area contributed by atoms with Gasteiger partial charge in [0.05, 0.1) is 11.2 Å². The molecule has 21 heavy (non-hydrogen) atoms. The van der Waals surface area contributed by atoms with Gasteiger partial charge in [0.15, 0.2) is 0 Å². The van der Waals surface area contributed by atoms with Gasteiger partial charge in [-0.15, -0.1) is 0 Å². The van der Waals surface area contributed by atoms with Crippen LogP contribution >= 0.6 is 0 Å². The molecule has 0 saturated carbocycles. The minimum Gasteiger partial charge on any atom is -0.370 e. The third-order valence-corrected chi connectivity index (χ3v) is 4.24. The number of nitrogens with zero attached hydrogens (tertiary/aromatic N) is 3. The van der Waals surface area contributed by atoms with E-state index in [2.05, 4.69) is 11.0 Å². The molecule has 0 aliphatic carbocycles. The Balaban J connectivity index is 2.28. The SMILES string of the molecule is Cn1c(=O)c(C#N)c(N2CCC(N)CC2)c2ccccc21. The number of fused-ring (bicyclic) bond motifs is 1. The van der Waals surface area contributed by atoms with E-state index in [4.69, 9.17) is 5.73 Å². The molecule has 2 heterocycles. The molecule has 2 N–H and O–H groups in total. The van der Waals surface area contributed by atoms with E-state index in [0.29, 0.717) is 0 Å². The summed E-state index contributed by atoms with van der Waals surface area (Å²) in [5, 5.41) is 10.4. The van der Waals surface area contributed by atoms with Crippen LogP contribution in [0.4, 0.5) is 5.69 Å². The highest BCUT2D eigenvalue weighted by molar-refractivity contribution is 5.94. The number of benzene rings is 1. The zero-order valence-corrected chi connectivity index (χ0v) is 12.0. The number of nitrogens with two attached hydrogens (primary N) is 1. The van der Waals surface area contributed by atoms with Crippen LogP contribution in [0.3, 0.4) is 0 Å². The van der Waals surface area contributed by atoms with Gasteiger partial charge in [-0.1, -0.05) is 18.2 Å². The minimum absolute atomic E-state index is 0.213. The van der Waals surface area contributed by atoms with Crippen molar-refractivity contribution < 1.29 is 0 Å². The number of aryl methyl sites for hydroxylation is 1. The largest absolute Gasteiger partial charge is 0.370 e. The molecule has 1 fully saturated rings. The molecule has 108 valence electrons. The lowest BCUT2D eigenvalue weighted by molar-refractivity contribution is 0.501. The third-order valence-electron chi connectivity index (χ3n) is 4.24. The van der Waals surface area contributed by atoms with Crippen LogP contribution in [0.15, 0.2) is 29.1 Å². The van der Waals surface area contributed by atoms with Crippen LogP contribution in [-0.2, 0) is 7.05 Å². The van der Waals surface area contributed by atoms with Gasteiger partial charge < -0.3 is 15.2 Å². The van der Waals surface area contributed by atoms with Gasteiger partial charge >= 0.3 is 0 Å². The predicted octanol–water partition coefficient (Wildman–Crippen LogP) is 1.34. The Morgan fingerprint density at radius 3 is 2.62 bits per heavy atom. The third kappa shape index (κ3) is 2.18. The lowest BCUT2D eigenvalue weighted by Gasteiger charge is -2.33. The fraction of sp³-hybridized carbons (Fsp3) is 0.375. The van der Waals surface area contributed by atoms with Crippen molar-refractivity contribution in [2.75, 3.05) is 18.0 Å². The molecule has 0 spiro atoms. The van der Waals surface area contributed by atoms with Crippen molar-refractivity contribution in [2.45, 2.75) is 18.9 Å². The summed E-state index contributed by atoms with van der Waals surface area (Å²) in [7, 11) is 1.71. The molecule has 2 aromatic rings. The van der Waals surface area contributed by atoms with Crippen molar-refractivity contribution in [1.29, 1.82) is 5.26 Å². The maximum atomic E-state index is 12.4. The molecule has 5 heteroatoms. The molecule has 0 atom stereocenters. The van der Waals surface area contributed by atoms with Crippen molar-refractivity contribution in [1.82, 2.24) is 4.57 Å². The first-order valence-electron chi connectivity index (χ1n) is 7.16. The van der Waals surface area contributed by atoms with Gasteiger partial charge in [0.25, 0.3) is 5.56 Å². The van der Waals surface area contributed by atoms with Crippen LogP contribution in [0.25, 0.3) is 10.9 Å². The van der Waals surface area contributed by atoms with Gasteiger partial charge in [-0.2, -0.15) is 5.26 Å². The lowest BCUT2D eigenvalue weighted by Crippen LogP contribution is -2.41. The van der Waals surface area contributed by atoms with Crippen molar-refractivity contribution in [2.24, 2.45) is 12.8 Å². The fourth-order valence-corrected chi connectivity index (χ4v) is 3.03. The molecule has 1 aliphatic heterocycles. The number of piperidine rings is 1. The molecule has 0 unspecified atom stereocenters. The summed E-state index contributed by atoms with van der Waals surface area (Å²) in [6, 6.07) is 10.0. The second-order valence-electron chi connectivity index (χ2n) is 5.54.